The molecule has 1 aliphatic rings. The lowest BCUT2D eigenvalue weighted by atomic mass is 9.99. The Morgan fingerprint density at radius 3 is 2.00 bits per heavy atom. The number of nitrogens with zero attached hydrogens (tertiary/aromatic N) is 1. The van der Waals surface area contributed by atoms with Gasteiger partial charge in [-0.3, -0.25) is 4.79 Å². The normalized spacial score (nSPS) is 14.8. The summed E-state index contributed by atoms with van der Waals surface area (Å²) >= 11 is 0. The Balaban J connectivity index is 1.57. The van der Waals surface area contributed by atoms with Gasteiger partial charge < -0.3 is 20.3 Å². The molecule has 5 nitrogen and oxygen atoms in total. The van der Waals surface area contributed by atoms with Crippen molar-refractivity contribution in [3.8, 4) is 0 Å². The van der Waals surface area contributed by atoms with Crippen LogP contribution in [0.25, 0.3) is 0 Å². The van der Waals surface area contributed by atoms with Gasteiger partial charge in [0.15, 0.2) is 0 Å². The molecule has 132 valence electrons. The molecular weight excluding hydrogens is 314 g/mol. The summed E-state index contributed by atoms with van der Waals surface area (Å²) in [7, 11) is 4.05. The zero-order valence-corrected chi connectivity index (χ0v) is 14.8. The van der Waals surface area contributed by atoms with Crippen LogP contribution in [0, 0.1) is 5.92 Å². The lowest BCUT2D eigenvalue weighted by Gasteiger charge is -2.21. The molecule has 0 aliphatic carbocycles. The molecule has 25 heavy (non-hydrogen) atoms. The van der Waals surface area contributed by atoms with Gasteiger partial charge in [-0.15, -0.1) is 0 Å². The number of hydrogen-bond donors (Lipinski definition) is 2. The van der Waals surface area contributed by atoms with E-state index in [0.29, 0.717) is 13.2 Å². The molecule has 0 saturated carbocycles. The summed E-state index contributed by atoms with van der Waals surface area (Å²) in [6.07, 6.45) is 1.60. The van der Waals surface area contributed by atoms with Crippen LogP contribution in [0.3, 0.4) is 0 Å². The third kappa shape index (κ3) is 4.73. The van der Waals surface area contributed by atoms with Crippen molar-refractivity contribution in [2.75, 3.05) is 42.8 Å². The Morgan fingerprint density at radius 1 is 0.920 bits per heavy atom. The first kappa shape index (κ1) is 17.3. The number of amides is 1. The van der Waals surface area contributed by atoms with E-state index >= 15 is 0 Å². The second-order valence-electron chi connectivity index (χ2n) is 6.52. The number of anilines is 4. The molecule has 0 unspecified atom stereocenters. The Hall–Kier alpha value is -2.53. The van der Waals surface area contributed by atoms with Gasteiger partial charge in [0.2, 0.25) is 5.91 Å². The molecule has 0 spiro atoms. The van der Waals surface area contributed by atoms with Crippen molar-refractivity contribution in [2.45, 2.75) is 12.8 Å². The highest BCUT2D eigenvalue weighted by Gasteiger charge is 2.21. The van der Waals surface area contributed by atoms with Crippen molar-refractivity contribution in [3.63, 3.8) is 0 Å². The summed E-state index contributed by atoms with van der Waals surface area (Å²) in [5.74, 6) is 0.144. The van der Waals surface area contributed by atoms with Gasteiger partial charge in [0.05, 0.1) is 0 Å². The van der Waals surface area contributed by atoms with Crippen LogP contribution in [0.2, 0.25) is 0 Å². The average molecular weight is 339 g/mol. The van der Waals surface area contributed by atoms with Crippen molar-refractivity contribution >= 4 is 28.7 Å². The zero-order chi connectivity index (χ0) is 17.6. The minimum atomic E-state index is 0.0572. The largest absolute Gasteiger partial charge is 0.381 e. The van der Waals surface area contributed by atoms with Gasteiger partial charge in [-0.1, -0.05) is 0 Å². The summed E-state index contributed by atoms with van der Waals surface area (Å²) in [5.41, 5.74) is 4.01. The van der Waals surface area contributed by atoms with Crippen LogP contribution in [0.15, 0.2) is 48.5 Å². The van der Waals surface area contributed by atoms with Crippen molar-refractivity contribution in [3.05, 3.63) is 48.5 Å². The smallest absolute Gasteiger partial charge is 0.227 e. The second kappa shape index (κ2) is 8.03. The van der Waals surface area contributed by atoms with Gasteiger partial charge >= 0.3 is 0 Å². The quantitative estimate of drug-likeness (QED) is 0.868. The fourth-order valence-corrected chi connectivity index (χ4v) is 2.85. The van der Waals surface area contributed by atoms with Crippen LogP contribution in [0.5, 0.6) is 0 Å². The van der Waals surface area contributed by atoms with Crippen molar-refractivity contribution < 1.29 is 9.53 Å². The maximum Gasteiger partial charge on any atom is 0.227 e. The van der Waals surface area contributed by atoms with Gasteiger partial charge in [-0.05, 0) is 61.4 Å². The highest BCUT2D eigenvalue weighted by Crippen LogP contribution is 2.22. The first-order chi connectivity index (χ1) is 12.1. The molecule has 2 aromatic carbocycles. The molecule has 3 rings (SSSR count). The van der Waals surface area contributed by atoms with Crippen LogP contribution in [-0.4, -0.2) is 33.2 Å². The summed E-state index contributed by atoms with van der Waals surface area (Å²) in [4.78, 5) is 14.3. The molecule has 1 heterocycles. The van der Waals surface area contributed by atoms with Crippen LogP contribution in [-0.2, 0) is 9.53 Å². The van der Waals surface area contributed by atoms with E-state index in [9.17, 15) is 4.79 Å². The van der Waals surface area contributed by atoms with Crippen LogP contribution in [0.1, 0.15) is 12.8 Å². The molecule has 5 heteroatoms. The van der Waals surface area contributed by atoms with Crippen molar-refractivity contribution in [2.24, 2.45) is 5.92 Å². The molecule has 0 aromatic heterocycles. The predicted octanol–water partition coefficient (Wildman–Crippen LogP) is 3.86. The molecule has 2 N–H and O–H groups in total. The third-order valence-electron chi connectivity index (χ3n) is 4.42. The van der Waals surface area contributed by atoms with Crippen LogP contribution < -0.4 is 15.5 Å². The molecule has 1 fully saturated rings. The van der Waals surface area contributed by atoms with Crippen LogP contribution >= 0.6 is 0 Å². The Kier molecular flexibility index (Phi) is 5.56. The molecule has 0 radical (unpaired) electrons. The van der Waals surface area contributed by atoms with E-state index in [-0.39, 0.29) is 11.8 Å². The van der Waals surface area contributed by atoms with Gasteiger partial charge in [0.1, 0.15) is 0 Å². The van der Waals surface area contributed by atoms with E-state index in [1.165, 1.54) is 0 Å². The second-order valence-corrected chi connectivity index (χ2v) is 6.52. The number of carbonyl (C=O) groups excluding carboxylic acids is 1. The number of ether oxygens (including phenoxy) is 1. The van der Waals surface area contributed by atoms with Gasteiger partial charge in [-0.25, -0.2) is 0 Å². The fourth-order valence-electron chi connectivity index (χ4n) is 2.85. The SMILES string of the molecule is CN(C)c1ccc(Nc2ccc(NC(=O)C3CCOCC3)cc2)cc1. The Morgan fingerprint density at radius 2 is 1.44 bits per heavy atom. The predicted molar refractivity (Wildman–Crippen MR) is 103 cm³/mol. The van der Waals surface area contributed by atoms with Crippen molar-refractivity contribution in [1.29, 1.82) is 0 Å². The average Bonchev–Trinajstić information content (AvgIpc) is 2.64. The Labute approximate surface area is 149 Å². The third-order valence-corrected chi connectivity index (χ3v) is 4.42. The summed E-state index contributed by atoms with van der Waals surface area (Å²) < 4.78 is 5.30. The molecular formula is C20H25N3O2. The number of nitrogens with one attached hydrogen (secondary N) is 2. The number of rotatable bonds is 5. The highest BCUT2D eigenvalue weighted by atomic mass is 16.5. The van der Waals surface area contributed by atoms with E-state index in [1.807, 2.05) is 38.4 Å². The maximum absolute atomic E-state index is 12.2. The molecule has 0 bridgehead atoms. The van der Waals surface area contributed by atoms with E-state index in [0.717, 1.165) is 35.6 Å². The number of hydrogen-bond acceptors (Lipinski definition) is 4. The van der Waals surface area contributed by atoms with Crippen molar-refractivity contribution in [1.82, 2.24) is 0 Å². The lowest BCUT2D eigenvalue weighted by Crippen LogP contribution is -2.28. The van der Waals surface area contributed by atoms with Gasteiger partial charge in [-0.2, -0.15) is 0 Å². The maximum atomic E-state index is 12.2. The summed E-state index contributed by atoms with van der Waals surface area (Å²) in [6, 6.07) is 16.0. The van der Waals surface area contributed by atoms with E-state index in [4.69, 9.17) is 4.74 Å². The topological polar surface area (TPSA) is 53.6 Å². The fraction of sp³-hybridized carbons (Fsp3) is 0.350. The monoisotopic (exact) mass is 339 g/mol. The summed E-state index contributed by atoms with van der Waals surface area (Å²) in [6.45, 7) is 1.35. The Bertz CT molecular complexity index is 690. The van der Waals surface area contributed by atoms with E-state index < -0.39 is 0 Å². The minimum absolute atomic E-state index is 0.0572. The van der Waals surface area contributed by atoms with E-state index in [1.54, 1.807) is 0 Å². The van der Waals surface area contributed by atoms with Gasteiger partial charge in [0.25, 0.3) is 0 Å². The first-order valence-electron chi connectivity index (χ1n) is 8.65. The zero-order valence-electron chi connectivity index (χ0n) is 14.8. The molecule has 1 amide bonds. The highest BCUT2D eigenvalue weighted by molar-refractivity contribution is 5.92. The number of carbonyl (C=O) groups is 1. The standard InChI is InChI=1S/C20H25N3O2/c1-23(2)19-9-7-17(8-10-19)21-16-3-5-18(6-4-16)22-20(24)15-11-13-25-14-12-15/h3-10,15,21H,11-14H2,1-2H3,(H,22,24). The molecule has 1 aliphatic heterocycles. The van der Waals surface area contributed by atoms with E-state index in [2.05, 4.69) is 39.8 Å². The number of benzene rings is 2. The van der Waals surface area contributed by atoms with Gasteiger partial charge in [0, 0.05) is 56.0 Å². The van der Waals surface area contributed by atoms with Crippen LogP contribution in [0.4, 0.5) is 22.7 Å². The molecule has 1 saturated heterocycles. The molecule has 0 atom stereocenters. The first-order valence-corrected chi connectivity index (χ1v) is 8.65. The molecule has 2 aromatic rings. The summed E-state index contributed by atoms with van der Waals surface area (Å²) in [5, 5.41) is 6.36. The lowest BCUT2D eigenvalue weighted by molar-refractivity contribution is -0.122. The minimum Gasteiger partial charge on any atom is -0.381 e.